The third-order valence-electron chi connectivity index (χ3n) is 6.10. The summed E-state index contributed by atoms with van der Waals surface area (Å²) in [4.78, 5) is 0. The van der Waals surface area contributed by atoms with Gasteiger partial charge in [0.1, 0.15) is 0 Å². The van der Waals surface area contributed by atoms with Crippen LogP contribution < -0.4 is 0 Å². The van der Waals surface area contributed by atoms with Crippen LogP contribution in [-0.2, 0) is 10.8 Å². The van der Waals surface area contributed by atoms with Crippen LogP contribution in [0.25, 0.3) is 0 Å². The van der Waals surface area contributed by atoms with E-state index in [9.17, 15) is 10.5 Å². The molecule has 4 heteroatoms. The Bertz CT molecular complexity index is 820. The molecule has 2 aliphatic carbocycles. The molecule has 0 radical (unpaired) electrons. The fourth-order valence-electron chi connectivity index (χ4n) is 4.46. The van der Waals surface area contributed by atoms with E-state index in [1.54, 1.807) is 0 Å². The number of nitriles is 2. The summed E-state index contributed by atoms with van der Waals surface area (Å²) in [6, 6.07) is 20.4. The molecule has 0 aliphatic heterocycles. The molecule has 4 rings (SSSR count). The summed E-state index contributed by atoms with van der Waals surface area (Å²) in [5, 5.41) is 20.0. The van der Waals surface area contributed by atoms with Crippen LogP contribution in [0.3, 0.4) is 0 Å². The molecule has 0 atom stereocenters. The van der Waals surface area contributed by atoms with Gasteiger partial charge in [-0.15, -0.1) is 0 Å². The van der Waals surface area contributed by atoms with Crippen molar-refractivity contribution in [2.75, 3.05) is 0 Å². The number of hydrogen-bond donors (Lipinski definition) is 0. The molecule has 0 aromatic heterocycles. The maximum absolute atomic E-state index is 9.27. The van der Waals surface area contributed by atoms with Gasteiger partial charge in [-0.25, -0.2) is 0 Å². The second-order valence-corrected chi connectivity index (χ2v) is 8.70. The molecule has 0 heterocycles. The summed E-state index contributed by atoms with van der Waals surface area (Å²) in [5.41, 5.74) is 1.66. The molecule has 0 saturated heterocycles. The van der Waals surface area contributed by atoms with Gasteiger partial charge < -0.3 is 0 Å². The first-order valence-electron chi connectivity index (χ1n) is 9.88. The Kier molecular flexibility index (Phi) is 6.66. The lowest BCUT2D eigenvalue weighted by molar-refractivity contribution is 0.573. The predicted molar refractivity (Wildman–Crippen MR) is 114 cm³/mol. The predicted octanol–water partition coefficient (Wildman–Crippen LogP) is 7.35. The molecule has 2 fully saturated rings. The standard InChI is InChI=1S/2C12H12ClN/c2*13-11-5-3-4-10(8-11)12(9-14)6-1-2-7-12/h2*3-5,8H,1-2,6-7H2. The molecule has 2 saturated carbocycles. The smallest absolute Gasteiger partial charge is 0.0822 e. The molecular formula is C24H24Cl2N2. The van der Waals surface area contributed by atoms with Gasteiger partial charge in [0, 0.05) is 10.0 Å². The van der Waals surface area contributed by atoms with E-state index in [0.29, 0.717) is 0 Å². The Labute approximate surface area is 177 Å². The first-order valence-corrected chi connectivity index (χ1v) is 10.6. The van der Waals surface area contributed by atoms with Crippen molar-refractivity contribution in [2.45, 2.75) is 62.2 Å². The second kappa shape index (κ2) is 9.00. The van der Waals surface area contributed by atoms with Gasteiger partial charge in [-0.2, -0.15) is 10.5 Å². The minimum atomic E-state index is -0.259. The van der Waals surface area contributed by atoms with Crippen LogP contribution in [0, 0.1) is 22.7 Å². The van der Waals surface area contributed by atoms with Crippen molar-refractivity contribution in [1.82, 2.24) is 0 Å². The number of benzene rings is 2. The van der Waals surface area contributed by atoms with Gasteiger partial charge in [-0.3, -0.25) is 0 Å². The summed E-state index contributed by atoms with van der Waals surface area (Å²) >= 11 is 11.9. The van der Waals surface area contributed by atoms with Gasteiger partial charge in [0.15, 0.2) is 0 Å². The zero-order valence-electron chi connectivity index (χ0n) is 15.9. The van der Waals surface area contributed by atoms with Crippen molar-refractivity contribution in [3.05, 3.63) is 69.7 Å². The van der Waals surface area contributed by atoms with Gasteiger partial charge in [0.25, 0.3) is 0 Å². The summed E-state index contributed by atoms with van der Waals surface area (Å²) in [7, 11) is 0. The average Bonchev–Trinajstić information content (AvgIpc) is 3.39. The summed E-state index contributed by atoms with van der Waals surface area (Å²) in [5.74, 6) is 0. The summed E-state index contributed by atoms with van der Waals surface area (Å²) in [6.07, 6.45) is 8.52. The molecule has 2 aromatic rings. The zero-order valence-corrected chi connectivity index (χ0v) is 17.4. The van der Waals surface area contributed by atoms with Crippen molar-refractivity contribution in [1.29, 1.82) is 10.5 Å². The van der Waals surface area contributed by atoms with Crippen LogP contribution >= 0.6 is 23.2 Å². The van der Waals surface area contributed by atoms with Crippen LogP contribution in [0.5, 0.6) is 0 Å². The van der Waals surface area contributed by atoms with Crippen molar-refractivity contribution in [3.8, 4) is 12.1 Å². The molecule has 2 aromatic carbocycles. The van der Waals surface area contributed by atoms with Crippen LogP contribution in [0.15, 0.2) is 48.5 Å². The maximum atomic E-state index is 9.27. The van der Waals surface area contributed by atoms with Gasteiger partial charge in [0.2, 0.25) is 0 Å². The lowest BCUT2D eigenvalue weighted by Crippen LogP contribution is -2.18. The average molecular weight is 411 g/mol. The van der Waals surface area contributed by atoms with E-state index >= 15 is 0 Å². The fraction of sp³-hybridized carbons (Fsp3) is 0.417. The van der Waals surface area contributed by atoms with Crippen LogP contribution in [-0.4, -0.2) is 0 Å². The van der Waals surface area contributed by atoms with Crippen molar-refractivity contribution in [2.24, 2.45) is 0 Å². The van der Waals surface area contributed by atoms with Crippen LogP contribution in [0.4, 0.5) is 0 Å². The Morgan fingerprint density at radius 2 is 1.00 bits per heavy atom. The Hall–Kier alpha value is -2.00. The second-order valence-electron chi connectivity index (χ2n) is 7.82. The van der Waals surface area contributed by atoms with Gasteiger partial charge in [0.05, 0.1) is 23.0 Å². The lowest BCUT2D eigenvalue weighted by atomic mass is 9.80. The third-order valence-corrected chi connectivity index (χ3v) is 6.57. The Morgan fingerprint density at radius 1 is 0.643 bits per heavy atom. The molecule has 2 nitrogen and oxygen atoms in total. The summed E-state index contributed by atoms with van der Waals surface area (Å²) in [6.45, 7) is 0. The van der Waals surface area contributed by atoms with E-state index in [0.717, 1.165) is 72.5 Å². The summed E-state index contributed by atoms with van der Waals surface area (Å²) < 4.78 is 0. The largest absolute Gasteiger partial charge is 0.197 e. The molecule has 0 spiro atoms. The topological polar surface area (TPSA) is 47.6 Å². The molecule has 0 unspecified atom stereocenters. The van der Waals surface area contributed by atoms with Gasteiger partial charge >= 0.3 is 0 Å². The van der Waals surface area contributed by atoms with Crippen LogP contribution in [0.2, 0.25) is 10.0 Å². The third kappa shape index (κ3) is 4.35. The molecule has 0 bridgehead atoms. The van der Waals surface area contributed by atoms with E-state index in [2.05, 4.69) is 12.1 Å². The minimum absolute atomic E-state index is 0.259. The number of hydrogen-bond acceptors (Lipinski definition) is 2. The molecule has 28 heavy (non-hydrogen) atoms. The molecule has 0 amide bonds. The van der Waals surface area contributed by atoms with E-state index in [1.807, 2.05) is 48.5 Å². The molecule has 2 aliphatic rings. The monoisotopic (exact) mass is 410 g/mol. The highest BCUT2D eigenvalue weighted by Gasteiger charge is 2.36. The highest BCUT2D eigenvalue weighted by molar-refractivity contribution is 6.30. The van der Waals surface area contributed by atoms with E-state index in [1.165, 1.54) is 0 Å². The van der Waals surface area contributed by atoms with Crippen molar-refractivity contribution in [3.63, 3.8) is 0 Å². The highest BCUT2D eigenvalue weighted by Crippen LogP contribution is 2.42. The van der Waals surface area contributed by atoms with E-state index in [-0.39, 0.29) is 10.8 Å². The maximum Gasteiger partial charge on any atom is 0.0822 e. The van der Waals surface area contributed by atoms with E-state index in [4.69, 9.17) is 23.2 Å². The highest BCUT2D eigenvalue weighted by atomic mass is 35.5. The normalized spacial score (nSPS) is 19.1. The van der Waals surface area contributed by atoms with Crippen molar-refractivity contribution < 1.29 is 0 Å². The Morgan fingerprint density at radius 3 is 1.29 bits per heavy atom. The SMILES string of the molecule is N#CC1(c2cccc(Cl)c2)CCCC1.N#CC1(c2cccc(Cl)c2)CCCC1. The van der Waals surface area contributed by atoms with Crippen molar-refractivity contribution >= 4 is 23.2 Å². The minimum Gasteiger partial charge on any atom is -0.197 e. The number of rotatable bonds is 2. The molecule has 0 N–H and O–H groups in total. The van der Waals surface area contributed by atoms with Gasteiger partial charge in [-0.05, 0) is 61.1 Å². The van der Waals surface area contributed by atoms with E-state index < -0.39 is 0 Å². The first-order chi connectivity index (χ1) is 13.5. The molecule has 144 valence electrons. The number of halogens is 2. The van der Waals surface area contributed by atoms with Crippen LogP contribution in [0.1, 0.15) is 62.5 Å². The fourth-order valence-corrected chi connectivity index (χ4v) is 4.84. The molecular weight excluding hydrogens is 387 g/mol. The quantitative estimate of drug-likeness (QED) is 0.519. The number of nitrogens with zero attached hydrogens (tertiary/aromatic N) is 2. The lowest BCUT2D eigenvalue weighted by Gasteiger charge is -2.20. The van der Waals surface area contributed by atoms with Gasteiger partial charge in [-0.1, -0.05) is 73.2 Å². The Balaban J connectivity index is 0.000000161. The zero-order chi connectivity index (χ0) is 20.0. The first kappa shape index (κ1) is 20.7.